The summed E-state index contributed by atoms with van der Waals surface area (Å²) in [5, 5.41) is 2.79. The summed E-state index contributed by atoms with van der Waals surface area (Å²) in [6.45, 7) is 0. The van der Waals surface area contributed by atoms with Gasteiger partial charge in [0.2, 0.25) is 5.91 Å². The second-order valence-electron chi connectivity index (χ2n) is 4.26. The van der Waals surface area contributed by atoms with Crippen LogP contribution in [0.1, 0.15) is 15.9 Å². The lowest BCUT2D eigenvalue weighted by atomic mass is 10.1. The van der Waals surface area contributed by atoms with Gasteiger partial charge in [-0.05, 0) is 35.9 Å². The molecule has 0 saturated heterocycles. The minimum absolute atomic E-state index is 0.0940. The average molecular weight is 333 g/mol. The molecule has 0 aliphatic carbocycles. The fraction of sp³-hybridized carbons (Fsp3) is 0.0667. The van der Waals surface area contributed by atoms with Crippen LogP contribution in [0.4, 0.5) is 5.69 Å². The molecule has 102 valence electrons. The third-order valence-corrected chi connectivity index (χ3v) is 3.27. The Morgan fingerprint density at radius 2 is 1.70 bits per heavy atom. The van der Waals surface area contributed by atoms with Crippen LogP contribution in [0.25, 0.3) is 0 Å². The number of benzene rings is 2. The van der Waals surface area contributed by atoms with Gasteiger partial charge in [-0.25, -0.2) is 0 Å². The zero-order valence-electron chi connectivity index (χ0n) is 10.6. The number of halogens is 1. The first kappa shape index (κ1) is 14.3. The van der Waals surface area contributed by atoms with Gasteiger partial charge < -0.3 is 11.1 Å². The molecule has 0 atom stereocenters. The van der Waals surface area contributed by atoms with E-state index < -0.39 is 5.91 Å². The van der Waals surface area contributed by atoms with Gasteiger partial charge in [-0.2, -0.15) is 0 Å². The topological polar surface area (TPSA) is 72.2 Å². The van der Waals surface area contributed by atoms with Crippen molar-refractivity contribution in [2.45, 2.75) is 6.42 Å². The molecule has 0 aromatic heterocycles. The molecule has 2 aromatic rings. The van der Waals surface area contributed by atoms with Gasteiger partial charge in [-0.3, -0.25) is 9.59 Å². The minimum Gasteiger partial charge on any atom is -0.369 e. The summed E-state index contributed by atoms with van der Waals surface area (Å²) < 4.78 is 0.906. The van der Waals surface area contributed by atoms with Crippen molar-refractivity contribution in [2.75, 3.05) is 5.32 Å². The summed E-state index contributed by atoms with van der Waals surface area (Å²) in [6, 6.07) is 14.1. The lowest BCUT2D eigenvalue weighted by Gasteiger charge is -2.10. The highest BCUT2D eigenvalue weighted by molar-refractivity contribution is 9.10. The lowest BCUT2D eigenvalue weighted by molar-refractivity contribution is -0.117. The van der Waals surface area contributed by atoms with E-state index in [0.29, 0.717) is 16.8 Å². The molecule has 2 rings (SSSR count). The van der Waals surface area contributed by atoms with Crippen LogP contribution in [0.3, 0.4) is 0 Å². The van der Waals surface area contributed by atoms with Gasteiger partial charge in [0.25, 0.3) is 5.91 Å². The third kappa shape index (κ3) is 3.68. The maximum Gasteiger partial charge on any atom is 0.255 e. The van der Waals surface area contributed by atoms with E-state index in [0.717, 1.165) is 4.47 Å². The predicted molar refractivity (Wildman–Crippen MR) is 81.4 cm³/mol. The Balaban J connectivity index is 2.19. The summed E-state index contributed by atoms with van der Waals surface area (Å²) in [5.74, 6) is -0.662. The number of nitrogens with one attached hydrogen (secondary N) is 1. The molecule has 2 aromatic carbocycles. The number of para-hydroxylation sites is 1. The summed E-state index contributed by atoms with van der Waals surface area (Å²) >= 11 is 3.32. The maximum atomic E-state index is 12.1. The van der Waals surface area contributed by atoms with Crippen molar-refractivity contribution in [3.63, 3.8) is 0 Å². The number of amides is 2. The number of hydrogen-bond donors (Lipinski definition) is 2. The van der Waals surface area contributed by atoms with Crippen molar-refractivity contribution < 1.29 is 9.59 Å². The molecule has 0 aliphatic rings. The highest BCUT2D eigenvalue weighted by Gasteiger charge is 2.10. The van der Waals surface area contributed by atoms with Crippen molar-refractivity contribution in [1.82, 2.24) is 0 Å². The van der Waals surface area contributed by atoms with Gasteiger partial charge in [-0.1, -0.05) is 34.1 Å². The number of hydrogen-bond acceptors (Lipinski definition) is 2. The molecule has 3 N–H and O–H groups in total. The predicted octanol–water partition coefficient (Wildman–Crippen LogP) is 2.73. The Bertz CT molecular complexity index is 639. The Hall–Kier alpha value is -2.14. The second-order valence-corrected chi connectivity index (χ2v) is 5.18. The summed E-state index contributed by atoms with van der Waals surface area (Å²) in [6.07, 6.45) is 0.0940. The summed E-state index contributed by atoms with van der Waals surface area (Å²) in [7, 11) is 0. The van der Waals surface area contributed by atoms with Gasteiger partial charge in [0, 0.05) is 15.7 Å². The number of primary amides is 1. The molecule has 2 amide bonds. The summed E-state index contributed by atoms with van der Waals surface area (Å²) in [4.78, 5) is 23.1. The third-order valence-electron chi connectivity index (χ3n) is 2.74. The zero-order valence-corrected chi connectivity index (χ0v) is 12.2. The fourth-order valence-corrected chi connectivity index (χ4v) is 2.04. The Morgan fingerprint density at radius 3 is 2.35 bits per heavy atom. The van der Waals surface area contributed by atoms with Gasteiger partial charge >= 0.3 is 0 Å². The first-order chi connectivity index (χ1) is 9.56. The Kier molecular flexibility index (Phi) is 4.53. The van der Waals surface area contributed by atoms with Crippen molar-refractivity contribution in [3.8, 4) is 0 Å². The standard InChI is InChI=1S/C15H13BrN2O2/c16-12-7-5-10(6-8-12)15(20)18-13-4-2-1-3-11(13)9-14(17)19/h1-8H,9H2,(H2,17,19)(H,18,20). The zero-order chi connectivity index (χ0) is 14.5. The van der Waals surface area contributed by atoms with Crippen molar-refractivity contribution in [1.29, 1.82) is 0 Å². The minimum atomic E-state index is -0.435. The van der Waals surface area contributed by atoms with Gasteiger partial charge in [0.1, 0.15) is 0 Å². The van der Waals surface area contributed by atoms with Gasteiger partial charge in [0.15, 0.2) is 0 Å². The number of anilines is 1. The molecule has 5 heteroatoms. The van der Waals surface area contributed by atoms with Gasteiger partial charge in [0.05, 0.1) is 6.42 Å². The van der Waals surface area contributed by atoms with Crippen LogP contribution in [-0.4, -0.2) is 11.8 Å². The number of carbonyl (C=O) groups excluding carboxylic acids is 2. The molecule has 0 unspecified atom stereocenters. The number of rotatable bonds is 4. The van der Waals surface area contributed by atoms with E-state index in [1.807, 2.05) is 0 Å². The maximum absolute atomic E-state index is 12.1. The number of nitrogens with two attached hydrogens (primary N) is 1. The van der Waals surface area contributed by atoms with Crippen LogP contribution < -0.4 is 11.1 Å². The van der Waals surface area contributed by atoms with E-state index in [1.165, 1.54) is 0 Å². The average Bonchev–Trinajstić information content (AvgIpc) is 2.41. The molecule has 0 aliphatic heterocycles. The molecular weight excluding hydrogens is 320 g/mol. The SMILES string of the molecule is NC(=O)Cc1ccccc1NC(=O)c1ccc(Br)cc1. The van der Waals surface area contributed by atoms with Crippen LogP contribution in [0.15, 0.2) is 53.0 Å². The van der Waals surface area contributed by atoms with Crippen molar-refractivity contribution >= 4 is 33.4 Å². The largest absolute Gasteiger partial charge is 0.369 e. The second kappa shape index (κ2) is 6.34. The first-order valence-electron chi connectivity index (χ1n) is 5.99. The Labute approximate surface area is 125 Å². The van der Waals surface area contributed by atoms with Crippen LogP contribution in [0.2, 0.25) is 0 Å². The van der Waals surface area contributed by atoms with E-state index in [-0.39, 0.29) is 12.3 Å². The number of carbonyl (C=O) groups is 2. The molecule has 0 bridgehead atoms. The van der Waals surface area contributed by atoms with E-state index in [9.17, 15) is 9.59 Å². The van der Waals surface area contributed by atoms with E-state index >= 15 is 0 Å². The van der Waals surface area contributed by atoms with Crippen LogP contribution in [0.5, 0.6) is 0 Å². The van der Waals surface area contributed by atoms with E-state index in [1.54, 1.807) is 48.5 Å². The normalized spacial score (nSPS) is 10.1. The fourth-order valence-electron chi connectivity index (χ4n) is 1.78. The molecule has 0 radical (unpaired) electrons. The molecular formula is C15H13BrN2O2. The van der Waals surface area contributed by atoms with Crippen molar-refractivity contribution in [3.05, 3.63) is 64.1 Å². The summed E-state index contributed by atoms with van der Waals surface area (Å²) in [5.41, 5.74) is 7.03. The van der Waals surface area contributed by atoms with E-state index in [4.69, 9.17) is 5.73 Å². The lowest BCUT2D eigenvalue weighted by Crippen LogP contribution is -2.17. The smallest absolute Gasteiger partial charge is 0.255 e. The molecule has 0 saturated carbocycles. The highest BCUT2D eigenvalue weighted by atomic mass is 79.9. The molecule has 0 fully saturated rings. The van der Waals surface area contributed by atoms with E-state index in [2.05, 4.69) is 21.2 Å². The molecule has 4 nitrogen and oxygen atoms in total. The van der Waals surface area contributed by atoms with Crippen LogP contribution in [-0.2, 0) is 11.2 Å². The monoisotopic (exact) mass is 332 g/mol. The molecule has 20 heavy (non-hydrogen) atoms. The quantitative estimate of drug-likeness (QED) is 0.903. The van der Waals surface area contributed by atoms with Crippen LogP contribution in [0, 0.1) is 0 Å². The Morgan fingerprint density at radius 1 is 1.05 bits per heavy atom. The van der Waals surface area contributed by atoms with Crippen LogP contribution >= 0.6 is 15.9 Å². The van der Waals surface area contributed by atoms with Gasteiger partial charge in [-0.15, -0.1) is 0 Å². The van der Waals surface area contributed by atoms with Crippen molar-refractivity contribution in [2.24, 2.45) is 5.73 Å². The molecule has 0 heterocycles. The molecule has 0 spiro atoms. The highest BCUT2D eigenvalue weighted by Crippen LogP contribution is 2.17. The first-order valence-corrected chi connectivity index (χ1v) is 6.78.